The Bertz CT molecular complexity index is 929. The highest BCUT2D eigenvalue weighted by molar-refractivity contribution is 7.12. The average molecular weight is 383 g/mol. The number of thiophene rings is 1. The minimum Gasteiger partial charge on any atom is -0.464 e. The van der Waals surface area contributed by atoms with Gasteiger partial charge in [-0.3, -0.25) is 9.69 Å². The third-order valence-corrected chi connectivity index (χ3v) is 6.36. The summed E-state index contributed by atoms with van der Waals surface area (Å²) in [5.41, 5.74) is 3.20. The van der Waals surface area contributed by atoms with Gasteiger partial charge >= 0.3 is 0 Å². The molecule has 1 fully saturated rings. The topological polar surface area (TPSA) is 45.5 Å². The van der Waals surface area contributed by atoms with Crippen LogP contribution in [0.3, 0.4) is 0 Å². The van der Waals surface area contributed by atoms with Gasteiger partial charge in [-0.2, -0.15) is 0 Å². The fourth-order valence-electron chi connectivity index (χ4n) is 3.90. The summed E-state index contributed by atoms with van der Waals surface area (Å²) in [6.45, 7) is 9.06. The number of anilines is 1. The first-order valence-electron chi connectivity index (χ1n) is 9.53. The molecular weight excluding hydrogens is 356 g/mol. The van der Waals surface area contributed by atoms with E-state index in [0.717, 1.165) is 47.5 Å². The molecule has 0 saturated carbocycles. The Morgan fingerprint density at radius 2 is 2.00 bits per heavy atom. The fourth-order valence-corrected chi connectivity index (χ4v) is 4.52. The van der Waals surface area contributed by atoms with Crippen LogP contribution in [0.1, 0.15) is 54.8 Å². The number of benzene rings is 1. The van der Waals surface area contributed by atoms with Gasteiger partial charge in [-0.25, -0.2) is 0 Å². The first kappa shape index (κ1) is 18.3. The van der Waals surface area contributed by atoms with Gasteiger partial charge in [-0.15, -0.1) is 11.3 Å². The number of amides is 1. The number of hydrogen-bond acceptors (Lipinski definition) is 4. The monoisotopic (exact) mass is 382 g/mol. The van der Waals surface area contributed by atoms with Crippen molar-refractivity contribution in [2.75, 3.05) is 18.4 Å². The average Bonchev–Trinajstić information content (AvgIpc) is 3.31. The Balaban J connectivity index is 1.53. The molecule has 1 aromatic carbocycles. The summed E-state index contributed by atoms with van der Waals surface area (Å²) in [7, 11) is 0. The molecular formula is C22H26N2O2S. The van der Waals surface area contributed by atoms with Crippen molar-refractivity contribution >= 4 is 33.9 Å². The molecule has 1 saturated heterocycles. The van der Waals surface area contributed by atoms with E-state index in [1.165, 1.54) is 16.9 Å². The van der Waals surface area contributed by atoms with E-state index in [9.17, 15) is 4.79 Å². The summed E-state index contributed by atoms with van der Waals surface area (Å²) in [6.07, 6.45) is 4.18. The predicted molar refractivity (Wildman–Crippen MR) is 112 cm³/mol. The first-order chi connectivity index (χ1) is 12.9. The number of nitrogens with zero attached hydrogens (tertiary/aromatic N) is 1. The molecule has 4 rings (SSSR count). The summed E-state index contributed by atoms with van der Waals surface area (Å²) < 4.78 is 5.80. The van der Waals surface area contributed by atoms with Gasteiger partial charge in [-0.1, -0.05) is 6.07 Å². The maximum atomic E-state index is 12.3. The van der Waals surface area contributed by atoms with Gasteiger partial charge in [0.15, 0.2) is 0 Å². The van der Waals surface area contributed by atoms with Gasteiger partial charge in [0.2, 0.25) is 0 Å². The van der Waals surface area contributed by atoms with Crippen molar-refractivity contribution in [3.8, 4) is 0 Å². The molecule has 1 N–H and O–H groups in total. The summed E-state index contributed by atoms with van der Waals surface area (Å²) in [4.78, 5) is 15.6. The Morgan fingerprint density at radius 3 is 2.67 bits per heavy atom. The van der Waals surface area contributed by atoms with E-state index >= 15 is 0 Å². The van der Waals surface area contributed by atoms with E-state index in [2.05, 4.69) is 37.1 Å². The van der Waals surface area contributed by atoms with Gasteiger partial charge in [0.25, 0.3) is 5.91 Å². The number of hydrogen-bond donors (Lipinski definition) is 1. The highest BCUT2D eigenvalue weighted by Gasteiger charge is 2.29. The molecule has 3 aromatic rings. The van der Waals surface area contributed by atoms with Crippen molar-refractivity contribution in [1.82, 2.24) is 4.90 Å². The molecule has 0 radical (unpaired) electrons. The largest absolute Gasteiger partial charge is 0.464 e. The lowest BCUT2D eigenvalue weighted by Gasteiger charge is -2.40. The van der Waals surface area contributed by atoms with E-state index in [4.69, 9.17) is 4.42 Å². The molecule has 4 nitrogen and oxygen atoms in total. The van der Waals surface area contributed by atoms with Crippen LogP contribution in [0, 0.1) is 0 Å². The molecule has 0 bridgehead atoms. The third kappa shape index (κ3) is 3.80. The van der Waals surface area contributed by atoms with Crippen LogP contribution in [-0.4, -0.2) is 29.4 Å². The molecule has 0 unspecified atom stereocenters. The van der Waals surface area contributed by atoms with E-state index in [1.54, 1.807) is 0 Å². The molecule has 5 heteroatoms. The number of nitrogens with one attached hydrogen (secondary N) is 1. The van der Waals surface area contributed by atoms with Crippen molar-refractivity contribution in [3.05, 3.63) is 52.4 Å². The van der Waals surface area contributed by atoms with Crippen LogP contribution in [0.5, 0.6) is 0 Å². The van der Waals surface area contributed by atoms with Crippen molar-refractivity contribution in [1.29, 1.82) is 0 Å². The quantitative estimate of drug-likeness (QED) is 0.630. The standard InChI is InChI=1S/C22H26N2O2S/c1-22(2,3)24-10-8-15(9-11-24)18-14-26-19-7-6-16(13-17(18)19)23-21(25)20-5-4-12-27-20/h4-7,12-15H,8-11H2,1-3H3,(H,23,25). The number of piperidine rings is 1. The second-order valence-corrected chi connectivity index (χ2v) is 9.21. The number of carbonyl (C=O) groups excluding carboxylic acids is 1. The van der Waals surface area contributed by atoms with E-state index in [-0.39, 0.29) is 11.4 Å². The molecule has 0 aliphatic carbocycles. The highest BCUT2D eigenvalue weighted by atomic mass is 32.1. The number of fused-ring (bicyclic) bond motifs is 1. The van der Waals surface area contributed by atoms with E-state index in [1.807, 2.05) is 35.9 Å². The van der Waals surface area contributed by atoms with E-state index in [0.29, 0.717) is 5.92 Å². The Kier molecular flexibility index (Phi) is 4.82. The van der Waals surface area contributed by atoms with Crippen LogP contribution in [0.25, 0.3) is 11.0 Å². The van der Waals surface area contributed by atoms with Crippen LogP contribution in [0.2, 0.25) is 0 Å². The molecule has 0 spiro atoms. The molecule has 2 aromatic heterocycles. The Labute approximate surface area is 164 Å². The summed E-state index contributed by atoms with van der Waals surface area (Å²) in [5, 5.41) is 6.04. The van der Waals surface area contributed by atoms with Crippen molar-refractivity contribution in [2.24, 2.45) is 0 Å². The smallest absolute Gasteiger partial charge is 0.265 e. The SMILES string of the molecule is CC(C)(C)N1CCC(c2coc3ccc(NC(=O)c4cccs4)cc23)CC1. The van der Waals surface area contributed by atoms with Gasteiger partial charge in [0.1, 0.15) is 5.58 Å². The zero-order valence-corrected chi connectivity index (χ0v) is 16.9. The maximum Gasteiger partial charge on any atom is 0.265 e. The van der Waals surface area contributed by atoms with Crippen molar-refractivity contribution in [3.63, 3.8) is 0 Å². The van der Waals surface area contributed by atoms with Crippen LogP contribution in [0.4, 0.5) is 5.69 Å². The Hall–Kier alpha value is -2.11. The predicted octanol–water partition coefficient (Wildman–Crippen LogP) is 5.72. The Morgan fingerprint density at radius 1 is 1.22 bits per heavy atom. The van der Waals surface area contributed by atoms with Crippen LogP contribution in [-0.2, 0) is 0 Å². The van der Waals surface area contributed by atoms with Gasteiger partial charge in [-0.05, 0) is 82.3 Å². The van der Waals surface area contributed by atoms with Gasteiger partial charge in [0.05, 0.1) is 11.1 Å². The molecule has 1 aliphatic rings. The fraction of sp³-hybridized carbons (Fsp3) is 0.409. The molecule has 142 valence electrons. The second kappa shape index (κ2) is 7.13. The van der Waals surface area contributed by atoms with Crippen LogP contribution < -0.4 is 5.32 Å². The lowest BCUT2D eigenvalue weighted by molar-refractivity contribution is 0.102. The van der Waals surface area contributed by atoms with Gasteiger partial charge in [0, 0.05) is 22.2 Å². The second-order valence-electron chi connectivity index (χ2n) is 8.27. The van der Waals surface area contributed by atoms with Crippen LogP contribution in [0.15, 0.2) is 46.4 Å². The lowest BCUT2D eigenvalue weighted by atomic mass is 9.87. The molecule has 3 heterocycles. The zero-order valence-electron chi connectivity index (χ0n) is 16.1. The maximum absolute atomic E-state index is 12.3. The molecule has 1 aliphatic heterocycles. The van der Waals surface area contributed by atoms with Crippen molar-refractivity contribution < 1.29 is 9.21 Å². The van der Waals surface area contributed by atoms with E-state index < -0.39 is 0 Å². The summed E-state index contributed by atoms with van der Waals surface area (Å²) in [5.74, 6) is 0.445. The molecule has 1 amide bonds. The third-order valence-electron chi connectivity index (χ3n) is 5.49. The minimum atomic E-state index is -0.0621. The first-order valence-corrected chi connectivity index (χ1v) is 10.4. The number of furan rings is 1. The van der Waals surface area contributed by atoms with Gasteiger partial charge < -0.3 is 9.73 Å². The summed E-state index contributed by atoms with van der Waals surface area (Å²) >= 11 is 1.45. The molecule has 0 atom stereocenters. The van der Waals surface area contributed by atoms with Crippen LogP contribution >= 0.6 is 11.3 Å². The lowest BCUT2D eigenvalue weighted by Crippen LogP contribution is -2.45. The number of rotatable bonds is 3. The minimum absolute atomic E-state index is 0.0621. The number of likely N-dealkylation sites (tertiary alicyclic amines) is 1. The van der Waals surface area contributed by atoms with Crippen molar-refractivity contribution in [2.45, 2.75) is 45.1 Å². The molecule has 27 heavy (non-hydrogen) atoms. The normalized spacial score (nSPS) is 16.7. The number of carbonyl (C=O) groups is 1. The summed E-state index contributed by atoms with van der Waals surface area (Å²) in [6, 6.07) is 9.64. The highest BCUT2D eigenvalue weighted by Crippen LogP contribution is 2.37. The zero-order chi connectivity index (χ0) is 19.0.